The Morgan fingerprint density at radius 2 is 1.94 bits per heavy atom. The van der Waals surface area contributed by atoms with E-state index in [0.717, 1.165) is 46.9 Å². The lowest BCUT2D eigenvalue weighted by Gasteiger charge is -2.43. The highest BCUT2D eigenvalue weighted by molar-refractivity contribution is 5.96. The minimum Gasteiger partial charge on any atom is -0.487 e. The lowest BCUT2D eigenvalue weighted by atomic mass is 9.89. The van der Waals surface area contributed by atoms with Gasteiger partial charge in [0.25, 0.3) is 5.91 Å². The molecule has 4 heterocycles. The van der Waals surface area contributed by atoms with Crippen LogP contribution in [-0.4, -0.2) is 54.3 Å². The second-order valence-electron chi connectivity index (χ2n) is 8.68. The number of piperidine rings is 1. The summed E-state index contributed by atoms with van der Waals surface area (Å²) < 4.78 is 15.9. The van der Waals surface area contributed by atoms with Crippen molar-refractivity contribution in [2.24, 2.45) is 7.05 Å². The quantitative estimate of drug-likeness (QED) is 0.624. The fraction of sp³-hybridized carbons (Fsp3) is 0.478. The highest BCUT2D eigenvalue weighted by Gasteiger charge is 2.42. The van der Waals surface area contributed by atoms with Crippen LogP contribution in [0.1, 0.15) is 46.0 Å². The Morgan fingerprint density at radius 1 is 1.19 bits per heavy atom. The van der Waals surface area contributed by atoms with E-state index < -0.39 is 0 Å². The largest absolute Gasteiger partial charge is 0.487 e. The maximum Gasteiger partial charge on any atom is 0.257 e. The van der Waals surface area contributed by atoms with E-state index in [1.807, 2.05) is 60.8 Å². The van der Waals surface area contributed by atoms with Gasteiger partial charge in [-0.2, -0.15) is 5.10 Å². The Morgan fingerprint density at radius 3 is 2.62 bits per heavy atom. The summed E-state index contributed by atoms with van der Waals surface area (Å²) in [6.45, 7) is 6.60. The molecule has 3 aromatic rings. The Kier molecular flexibility index (Phi) is 5.21. The molecule has 0 atom stereocenters. The van der Waals surface area contributed by atoms with Crippen molar-refractivity contribution in [1.82, 2.24) is 29.7 Å². The van der Waals surface area contributed by atoms with Gasteiger partial charge in [-0.25, -0.2) is 4.68 Å². The maximum atomic E-state index is 13.1. The van der Waals surface area contributed by atoms with Crippen LogP contribution >= 0.6 is 0 Å². The van der Waals surface area contributed by atoms with E-state index in [-0.39, 0.29) is 11.5 Å². The van der Waals surface area contributed by atoms with Crippen molar-refractivity contribution in [3.8, 4) is 5.75 Å². The third-order valence-electron chi connectivity index (χ3n) is 6.67. The molecule has 9 heteroatoms. The highest BCUT2D eigenvalue weighted by Crippen LogP contribution is 2.34. The van der Waals surface area contributed by atoms with Crippen molar-refractivity contribution in [1.29, 1.82) is 0 Å². The van der Waals surface area contributed by atoms with Crippen molar-refractivity contribution in [3.05, 3.63) is 58.7 Å². The molecule has 0 aliphatic carbocycles. The van der Waals surface area contributed by atoms with Crippen molar-refractivity contribution >= 4 is 5.91 Å². The van der Waals surface area contributed by atoms with Gasteiger partial charge in [0, 0.05) is 25.8 Å². The monoisotopic (exact) mass is 436 g/mol. The molecule has 9 nitrogen and oxygen atoms in total. The molecule has 1 saturated heterocycles. The molecule has 0 bridgehead atoms. The Hall–Kier alpha value is -3.20. The smallest absolute Gasteiger partial charge is 0.257 e. The van der Waals surface area contributed by atoms with E-state index in [9.17, 15) is 4.79 Å². The highest BCUT2D eigenvalue weighted by atomic mass is 16.5. The number of hydrogen-bond acceptors (Lipinski definition) is 6. The summed E-state index contributed by atoms with van der Waals surface area (Å²) in [4.78, 5) is 15.0. The van der Waals surface area contributed by atoms with Crippen LogP contribution in [0.25, 0.3) is 0 Å². The number of fused-ring (bicyclic) bond motifs is 1. The molecule has 2 aliphatic rings. The Balaban J connectivity index is 1.23. The van der Waals surface area contributed by atoms with Gasteiger partial charge in [0.2, 0.25) is 0 Å². The number of aromatic nitrogens is 5. The lowest BCUT2D eigenvalue weighted by molar-refractivity contribution is -0.120. The zero-order chi connectivity index (χ0) is 22.3. The van der Waals surface area contributed by atoms with E-state index >= 15 is 0 Å². The van der Waals surface area contributed by atoms with Gasteiger partial charge in [0.15, 0.2) is 0 Å². The first-order valence-corrected chi connectivity index (χ1v) is 11.0. The predicted octanol–water partition coefficient (Wildman–Crippen LogP) is 2.41. The van der Waals surface area contributed by atoms with Gasteiger partial charge in [0.1, 0.15) is 18.1 Å². The number of para-hydroxylation sites is 1. The van der Waals surface area contributed by atoms with Gasteiger partial charge in [-0.15, -0.1) is 5.10 Å². The molecule has 5 rings (SSSR count). The second-order valence-corrected chi connectivity index (χ2v) is 8.68. The van der Waals surface area contributed by atoms with E-state index in [0.29, 0.717) is 32.8 Å². The average molecular weight is 437 g/mol. The molecule has 1 spiro atoms. The molecule has 0 saturated carbocycles. The Bertz CT molecular complexity index is 1130. The molecule has 32 heavy (non-hydrogen) atoms. The van der Waals surface area contributed by atoms with Gasteiger partial charge >= 0.3 is 0 Å². The summed E-state index contributed by atoms with van der Waals surface area (Å²) in [5.41, 5.74) is 3.86. The summed E-state index contributed by atoms with van der Waals surface area (Å²) in [5.74, 6) is 0.860. The van der Waals surface area contributed by atoms with Crippen LogP contribution in [0.5, 0.6) is 5.75 Å². The number of aryl methyl sites for hydroxylation is 2. The van der Waals surface area contributed by atoms with Crippen LogP contribution in [0.4, 0.5) is 0 Å². The average Bonchev–Trinajstić information content (AvgIpc) is 3.31. The van der Waals surface area contributed by atoms with Gasteiger partial charge in [-0.1, -0.05) is 23.4 Å². The number of benzene rings is 1. The van der Waals surface area contributed by atoms with Gasteiger partial charge in [0.05, 0.1) is 35.7 Å². The van der Waals surface area contributed by atoms with Crippen LogP contribution in [0, 0.1) is 13.8 Å². The molecule has 1 fully saturated rings. The number of amides is 1. The van der Waals surface area contributed by atoms with Crippen molar-refractivity contribution in [2.75, 3.05) is 13.1 Å². The number of nitrogens with zero attached hydrogens (tertiary/aromatic N) is 6. The standard InChI is InChI=1S/C23H28N6O3/c1-16-21(17(2)27(3)25-16)22(30)28-11-9-23(10-12-28)15-29-20(14-32-23)19(24-26-29)13-31-18-7-5-4-6-8-18/h4-8H,9-15H2,1-3H3. The SMILES string of the molecule is Cc1nn(C)c(C)c1C(=O)N1CCC2(CC1)Cn1nnc(COc3ccccc3)c1CO2. The predicted molar refractivity (Wildman–Crippen MR) is 116 cm³/mol. The summed E-state index contributed by atoms with van der Waals surface area (Å²) in [7, 11) is 1.87. The second kappa shape index (κ2) is 8.05. The Labute approximate surface area is 186 Å². The van der Waals surface area contributed by atoms with E-state index in [4.69, 9.17) is 9.47 Å². The number of rotatable bonds is 4. The molecule has 1 amide bonds. The molecule has 0 N–H and O–H groups in total. The number of carbonyl (C=O) groups is 1. The third-order valence-corrected chi connectivity index (χ3v) is 6.67. The molecular formula is C23H28N6O3. The lowest BCUT2D eigenvalue weighted by Crippen LogP contribution is -2.52. The summed E-state index contributed by atoms with van der Waals surface area (Å²) >= 11 is 0. The zero-order valence-corrected chi connectivity index (χ0v) is 18.7. The van der Waals surface area contributed by atoms with Gasteiger partial charge < -0.3 is 14.4 Å². The van der Waals surface area contributed by atoms with E-state index in [1.54, 1.807) is 4.68 Å². The van der Waals surface area contributed by atoms with Gasteiger partial charge in [-0.3, -0.25) is 9.48 Å². The molecule has 0 radical (unpaired) electrons. The molecule has 168 valence electrons. The maximum absolute atomic E-state index is 13.1. The molecule has 2 aliphatic heterocycles. The topological polar surface area (TPSA) is 87.3 Å². The number of likely N-dealkylation sites (tertiary alicyclic amines) is 1. The minimum absolute atomic E-state index is 0.0561. The van der Waals surface area contributed by atoms with Crippen molar-refractivity contribution in [3.63, 3.8) is 0 Å². The first kappa shape index (κ1) is 20.7. The fourth-order valence-electron chi connectivity index (χ4n) is 4.64. The number of ether oxygens (including phenoxy) is 2. The van der Waals surface area contributed by atoms with E-state index in [1.165, 1.54) is 0 Å². The first-order chi connectivity index (χ1) is 15.5. The molecule has 1 aromatic carbocycles. The summed E-state index contributed by atoms with van der Waals surface area (Å²) in [5, 5.41) is 13.1. The van der Waals surface area contributed by atoms with Crippen LogP contribution in [0.15, 0.2) is 30.3 Å². The summed E-state index contributed by atoms with van der Waals surface area (Å²) in [6.07, 6.45) is 1.54. The van der Waals surface area contributed by atoms with Crippen LogP contribution in [-0.2, 0) is 31.5 Å². The van der Waals surface area contributed by atoms with Crippen LogP contribution in [0.2, 0.25) is 0 Å². The fourth-order valence-corrected chi connectivity index (χ4v) is 4.64. The van der Waals surface area contributed by atoms with Crippen molar-refractivity contribution < 1.29 is 14.3 Å². The summed E-state index contributed by atoms with van der Waals surface area (Å²) in [6, 6.07) is 9.68. The van der Waals surface area contributed by atoms with Crippen LogP contribution < -0.4 is 4.74 Å². The minimum atomic E-state index is -0.311. The normalized spacial score (nSPS) is 17.4. The first-order valence-electron chi connectivity index (χ1n) is 11.0. The van der Waals surface area contributed by atoms with Crippen molar-refractivity contribution in [2.45, 2.75) is 52.0 Å². The van der Waals surface area contributed by atoms with Crippen LogP contribution in [0.3, 0.4) is 0 Å². The molecular weight excluding hydrogens is 408 g/mol. The third kappa shape index (κ3) is 3.66. The number of carbonyl (C=O) groups excluding carboxylic acids is 1. The molecule has 0 unspecified atom stereocenters. The van der Waals surface area contributed by atoms with E-state index in [2.05, 4.69) is 15.4 Å². The molecule has 2 aromatic heterocycles. The number of hydrogen-bond donors (Lipinski definition) is 0. The van der Waals surface area contributed by atoms with Gasteiger partial charge in [-0.05, 0) is 38.8 Å². The zero-order valence-electron chi connectivity index (χ0n) is 18.7.